The van der Waals surface area contributed by atoms with E-state index in [1.807, 2.05) is 0 Å². The van der Waals surface area contributed by atoms with Crippen LogP contribution in [0.2, 0.25) is 0 Å². The molecule has 118 valence electrons. The molecular formula is C17H35N3. The van der Waals surface area contributed by atoms with E-state index in [0.717, 1.165) is 18.4 Å². The van der Waals surface area contributed by atoms with Gasteiger partial charge in [-0.1, -0.05) is 13.8 Å². The van der Waals surface area contributed by atoms with Gasteiger partial charge in [0.05, 0.1) is 0 Å². The molecule has 2 aliphatic heterocycles. The van der Waals surface area contributed by atoms with Gasteiger partial charge < -0.3 is 10.2 Å². The third-order valence-electron chi connectivity index (χ3n) is 5.17. The fourth-order valence-corrected chi connectivity index (χ4v) is 3.86. The molecule has 0 bridgehead atoms. The van der Waals surface area contributed by atoms with Crippen LogP contribution >= 0.6 is 0 Å². The lowest BCUT2D eigenvalue weighted by Crippen LogP contribution is -2.63. The Hall–Kier alpha value is -0.120. The lowest BCUT2D eigenvalue weighted by atomic mass is 9.92. The third-order valence-corrected chi connectivity index (χ3v) is 5.17. The summed E-state index contributed by atoms with van der Waals surface area (Å²) in [7, 11) is 0. The maximum Gasteiger partial charge on any atom is 0.0252 e. The number of hydrogen-bond acceptors (Lipinski definition) is 3. The highest BCUT2D eigenvalue weighted by Gasteiger charge is 2.36. The minimum Gasteiger partial charge on any atom is -0.309 e. The Kier molecular flexibility index (Phi) is 5.14. The molecular weight excluding hydrogens is 246 g/mol. The zero-order chi connectivity index (χ0) is 14.9. The summed E-state index contributed by atoms with van der Waals surface area (Å²) < 4.78 is 0. The normalized spacial score (nSPS) is 32.4. The first-order chi connectivity index (χ1) is 9.28. The average molecular weight is 281 g/mol. The second-order valence-corrected chi connectivity index (χ2v) is 8.25. The quantitative estimate of drug-likeness (QED) is 0.854. The number of piperazine rings is 1. The van der Waals surface area contributed by atoms with Gasteiger partial charge in [0.25, 0.3) is 0 Å². The van der Waals surface area contributed by atoms with Crippen LogP contribution in [-0.4, -0.2) is 60.1 Å². The molecule has 2 rings (SSSR count). The van der Waals surface area contributed by atoms with Gasteiger partial charge >= 0.3 is 0 Å². The minimum atomic E-state index is 0.266. The van der Waals surface area contributed by atoms with Crippen molar-refractivity contribution in [2.24, 2.45) is 11.8 Å². The van der Waals surface area contributed by atoms with Gasteiger partial charge in [0.2, 0.25) is 0 Å². The predicted octanol–water partition coefficient (Wildman–Crippen LogP) is 2.43. The summed E-state index contributed by atoms with van der Waals surface area (Å²) in [4.78, 5) is 5.41. The van der Waals surface area contributed by atoms with E-state index in [-0.39, 0.29) is 5.54 Å². The summed E-state index contributed by atoms with van der Waals surface area (Å²) in [5.74, 6) is 1.61. The second-order valence-electron chi connectivity index (χ2n) is 8.25. The van der Waals surface area contributed by atoms with Crippen molar-refractivity contribution < 1.29 is 0 Å². The molecule has 0 aromatic heterocycles. The molecule has 0 aromatic rings. The molecule has 0 aromatic carbocycles. The largest absolute Gasteiger partial charge is 0.309 e. The molecule has 0 amide bonds. The molecule has 2 atom stereocenters. The maximum absolute atomic E-state index is 3.72. The van der Waals surface area contributed by atoms with Gasteiger partial charge in [0, 0.05) is 43.8 Å². The molecule has 2 fully saturated rings. The van der Waals surface area contributed by atoms with Crippen LogP contribution in [0.15, 0.2) is 0 Å². The number of nitrogens with zero attached hydrogens (tertiary/aromatic N) is 2. The summed E-state index contributed by atoms with van der Waals surface area (Å²) in [6, 6.07) is 1.41. The molecule has 0 aliphatic carbocycles. The smallest absolute Gasteiger partial charge is 0.0252 e. The third kappa shape index (κ3) is 3.96. The van der Waals surface area contributed by atoms with Crippen LogP contribution in [-0.2, 0) is 0 Å². The standard InChI is InChI=1S/C17H35N3/c1-13(2)16-9-18-17(5,6)12-20(16)11-15-7-8-19(10-15)14(3)4/h13-16,18H,7-12H2,1-6H3. The zero-order valence-corrected chi connectivity index (χ0v) is 14.4. The van der Waals surface area contributed by atoms with E-state index in [0.29, 0.717) is 12.1 Å². The van der Waals surface area contributed by atoms with Gasteiger partial charge in [-0.25, -0.2) is 0 Å². The Morgan fingerprint density at radius 2 is 1.90 bits per heavy atom. The summed E-state index contributed by atoms with van der Waals surface area (Å²) in [6.45, 7) is 20.3. The summed E-state index contributed by atoms with van der Waals surface area (Å²) in [5.41, 5.74) is 0.266. The number of likely N-dealkylation sites (tertiary alicyclic amines) is 1. The maximum atomic E-state index is 3.72. The van der Waals surface area contributed by atoms with Gasteiger partial charge in [0.1, 0.15) is 0 Å². The molecule has 2 aliphatic rings. The van der Waals surface area contributed by atoms with Gasteiger partial charge in [0.15, 0.2) is 0 Å². The fourth-order valence-electron chi connectivity index (χ4n) is 3.86. The molecule has 3 nitrogen and oxygen atoms in total. The first kappa shape index (κ1) is 16.3. The van der Waals surface area contributed by atoms with Crippen LogP contribution in [0, 0.1) is 11.8 Å². The van der Waals surface area contributed by atoms with E-state index in [9.17, 15) is 0 Å². The van der Waals surface area contributed by atoms with Crippen LogP contribution < -0.4 is 5.32 Å². The van der Waals surface area contributed by atoms with E-state index in [1.54, 1.807) is 0 Å². The first-order valence-electron chi connectivity index (χ1n) is 8.51. The molecule has 1 N–H and O–H groups in total. The van der Waals surface area contributed by atoms with Crippen molar-refractivity contribution in [1.82, 2.24) is 15.1 Å². The van der Waals surface area contributed by atoms with Crippen LogP contribution in [0.5, 0.6) is 0 Å². The van der Waals surface area contributed by atoms with Crippen molar-refractivity contribution in [2.45, 2.75) is 65.6 Å². The Labute approximate surface area is 126 Å². The first-order valence-corrected chi connectivity index (χ1v) is 8.51. The van der Waals surface area contributed by atoms with Crippen molar-refractivity contribution in [3.8, 4) is 0 Å². The van der Waals surface area contributed by atoms with Crippen LogP contribution in [0.1, 0.15) is 48.0 Å². The van der Waals surface area contributed by atoms with Gasteiger partial charge in [-0.15, -0.1) is 0 Å². The molecule has 0 saturated carbocycles. The Bertz CT molecular complexity index is 311. The molecule has 2 unspecified atom stereocenters. The van der Waals surface area contributed by atoms with E-state index in [4.69, 9.17) is 0 Å². The van der Waals surface area contributed by atoms with Crippen LogP contribution in [0.3, 0.4) is 0 Å². The molecule has 0 spiro atoms. The van der Waals surface area contributed by atoms with Crippen molar-refractivity contribution in [2.75, 3.05) is 32.7 Å². The molecule has 2 saturated heterocycles. The van der Waals surface area contributed by atoms with Crippen molar-refractivity contribution >= 4 is 0 Å². The summed E-state index contributed by atoms with van der Waals surface area (Å²) in [6.07, 6.45) is 1.38. The topological polar surface area (TPSA) is 18.5 Å². The van der Waals surface area contributed by atoms with E-state index < -0.39 is 0 Å². The van der Waals surface area contributed by atoms with Gasteiger partial charge in [-0.05, 0) is 52.5 Å². The van der Waals surface area contributed by atoms with Crippen molar-refractivity contribution in [3.05, 3.63) is 0 Å². The monoisotopic (exact) mass is 281 g/mol. The minimum absolute atomic E-state index is 0.266. The van der Waals surface area contributed by atoms with Crippen LogP contribution in [0.25, 0.3) is 0 Å². The molecule has 0 radical (unpaired) electrons. The zero-order valence-electron chi connectivity index (χ0n) is 14.4. The highest BCUT2D eigenvalue weighted by molar-refractivity contribution is 4.94. The molecule has 2 heterocycles. The van der Waals surface area contributed by atoms with E-state index in [2.05, 4.69) is 56.7 Å². The van der Waals surface area contributed by atoms with Gasteiger partial charge in [-0.2, -0.15) is 0 Å². The molecule has 20 heavy (non-hydrogen) atoms. The number of rotatable bonds is 4. The fraction of sp³-hybridized carbons (Fsp3) is 1.00. The summed E-state index contributed by atoms with van der Waals surface area (Å²) >= 11 is 0. The Morgan fingerprint density at radius 3 is 2.45 bits per heavy atom. The number of hydrogen-bond donors (Lipinski definition) is 1. The lowest BCUT2D eigenvalue weighted by molar-refractivity contribution is 0.0556. The van der Waals surface area contributed by atoms with Crippen molar-refractivity contribution in [3.63, 3.8) is 0 Å². The average Bonchev–Trinajstić information content (AvgIpc) is 2.76. The van der Waals surface area contributed by atoms with E-state index >= 15 is 0 Å². The Balaban J connectivity index is 1.94. The number of nitrogens with one attached hydrogen (secondary N) is 1. The highest BCUT2D eigenvalue weighted by Crippen LogP contribution is 2.25. The lowest BCUT2D eigenvalue weighted by Gasteiger charge is -2.47. The predicted molar refractivity (Wildman–Crippen MR) is 87.1 cm³/mol. The highest BCUT2D eigenvalue weighted by atomic mass is 15.3. The van der Waals surface area contributed by atoms with E-state index in [1.165, 1.54) is 32.6 Å². The SMILES string of the molecule is CC(C)C1CNC(C)(C)CN1CC1CCN(C(C)C)C1. The summed E-state index contributed by atoms with van der Waals surface area (Å²) in [5, 5.41) is 3.72. The van der Waals surface area contributed by atoms with Gasteiger partial charge in [-0.3, -0.25) is 4.90 Å². The Morgan fingerprint density at radius 1 is 1.20 bits per heavy atom. The van der Waals surface area contributed by atoms with Crippen LogP contribution in [0.4, 0.5) is 0 Å². The molecule has 3 heteroatoms. The second kappa shape index (κ2) is 6.33. The van der Waals surface area contributed by atoms with Crippen molar-refractivity contribution in [1.29, 1.82) is 0 Å².